The van der Waals surface area contributed by atoms with Crippen LogP contribution in [-0.2, 0) is 14.8 Å². The van der Waals surface area contributed by atoms with Crippen molar-refractivity contribution >= 4 is 21.6 Å². The average Bonchev–Trinajstić information content (AvgIpc) is 2.82. The Morgan fingerprint density at radius 2 is 1.47 bits per heavy atom. The first kappa shape index (κ1) is 22.0. The predicted molar refractivity (Wildman–Crippen MR) is 119 cm³/mol. The standard InChI is InChI=1S/C24H23FN2O4S/c25-19-6-8-20(9-7-19)26-24(28)18-14-16-27(17-15-18)32(29,30)23-12-10-22(11-13-23)31-21-4-2-1-3-5-21/h1-13,18H,14-17H2,(H,26,28). The third kappa shape index (κ3) is 5.15. The van der Waals surface area contributed by atoms with Crippen LogP contribution in [0.4, 0.5) is 10.1 Å². The highest BCUT2D eigenvalue weighted by Crippen LogP contribution is 2.27. The van der Waals surface area contributed by atoms with Crippen LogP contribution in [0.15, 0.2) is 83.8 Å². The second kappa shape index (κ2) is 9.50. The van der Waals surface area contributed by atoms with Crippen molar-refractivity contribution in [2.45, 2.75) is 17.7 Å². The lowest BCUT2D eigenvalue weighted by molar-refractivity contribution is -0.120. The Kier molecular flexibility index (Phi) is 6.53. The van der Waals surface area contributed by atoms with Gasteiger partial charge in [0.15, 0.2) is 0 Å². The molecule has 0 saturated carbocycles. The van der Waals surface area contributed by atoms with E-state index in [1.165, 1.54) is 40.7 Å². The number of sulfonamides is 1. The molecule has 0 unspecified atom stereocenters. The van der Waals surface area contributed by atoms with Crippen LogP contribution in [0.25, 0.3) is 0 Å². The van der Waals surface area contributed by atoms with Gasteiger partial charge in [-0.05, 0) is 73.5 Å². The summed E-state index contributed by atoms with van der Waals surface area (Å²) in [6.45, 7) is 0.512. The van der Waals surface area contributed by atoms with Gasteiger partial charge in [0.1, 0.15) is 17.3 Å². The summed E-state index contributed by atoms with van der Waals surface area (Å²) in [7, 11) is -3.66. The molecule has 0 aromatic heterocycles. The number of hydrogen-bond acceptors (Lipinski definition) is 4. The van der Waals surface area contributed by atoms with Crippen molar-refractivity contribution in [1.82, 2.24) is 4.31 Å². The topological polar surface area (TPSA) is 75.7 Å². The van der Waals surface area contributed by atoms with E-state index in [0.29, 0.717) is 30.0 Å². The van der Waals surface area contributed by atoms with E-state index in [2.05, 4.69) is 5.32 Å². The third-order valence-electron chi connectivity index (χ3n) is 5.38. The molecule has 1 amide bonds. The number of halogens is 1. The van der Waals surface area contributed by atoms with Gasteiger partial charge in [-0.2, -0.15) is 4.31 Å². The molecule has 0 spiro atoms. The van der Waals surface area contributed by atoms with Gasteiger partial charge in [-0.25, -0.2) is 12.8 Å². The summed E-state index contributed by atoms with van der Waals surface area (Å²) in [4.78, 5) is 12.7. The summed E-state index contributed by atoms with van der Waals surface area (Å²) in [5.41, 5.74) is 0.518. The average molecular weight is 455 g/mol. The number of nitrogens with one attached hydrogen (secondary N) is 1. The van der Waals surface area contributed by atoms with Crippen molar-refractivity contribution in [3.05, 3.63) is 84.7 Å². The fraction of sp³-hybridized carbons (Fsp3) is 0.208. The molecular weight excluding hydrogens is 431 g/mol. The summed E-state index contributed by atoms with van der Waals surface area (Å²) >= 11 is 0. The normalized spacial score (nSPS) is 15.3. The van der Waals surface area contributed by atoms with Gasteiger partial charge in [0.05, 0.1) is 4.90 Å². The molecule has 6 nitrogen and oxygen atoms in total. The van der Waals surface area contributed by atoms with Crippen LogP contribution in [0.5, 0.6) is 11.5 Å². The van der Waals surface area contributed by atoms with Gasteiger partial charge in [0.2, 0.25) is 15.9 Å². The van der Waals surface area contributed by atoms with Crippen molar-refractivity contribution in [3.8, 4) is 11.5 Å². The molecule has 0 bridgehead atoms. The minimum absolute atomic E-state index is 0.184. The van der Waals surface area contributed by atoms with Crippen molar-refractivity contribution in [2.24, 2.45) is 5.92 Å². The molecule has 0 radical (unpaired) electrons. The van der Waals surface area contributed by atoms with Crippen LogP contribution in [0, 0.1) is 11.7 Å². The van der Waals surface area contributed by atoms with Crippen LogP contribution < -0.4 is 10.1 Å². The Hall–Kier alpha value is -3.23. The molecule has 0 atom stereocenters. The Morgan fingerprint density at radius 3 is 2.09 bits per heavy atom. The highest BCUT2D eigenvalue weighted by Gasteiger charge is 2.32. The number of para-hydroxylation sites is 1. The Bertz CT molecular complexity index is 1160. The first-order chi connectivity index (χ1) is 15.4. The monoisotopic (exact) mass is 454 g/mol. The number of piperidine rings is 1. The van der Waals surface area contributed by atoms with Crippen molar-refractivity contribution in [2.75, 3.05) is 18.4 Å². The molecule has 1 aliphatic heterocycles. The maximum absolute atomic E-state index is 13.0. The molecular formula is C24H23FN2O4S. The van der Waals surface area contributed by atoms with E-state index in [-0.39, 0.29) is 35.6 Å². The minimum Gasteiger partial charge on any atom is -0.457 e. The van der Waals surface area contributed by atoms with E-state index in [0.717, 1.165) is 0 Å². The van der Waals surface area contributed by atoms with E-state index >= 15 is 0 Å². The number of rotatable bonds is 6. The van der Waals surface area contributed by atoms with Gasteiger partial charge in [0, 0.05) is 24.7 Å². The van der Waals surface area contributed by atoms with Crippen molar-refractivity contribution in [3.63, 3.8) is 0 Å². The molecule has 166 valence electrons. The fourth-order valence-corrected chi connectivity index (χ4v) is 5.06. The summed E-state index contributed by atoms with van der Waals surface area (Å²) in [5, 5.41) is 2.76. The Labute approximate surface area is 186 Å². The number of nitrogens with zero attached hydrogens (tertiary/aromatic N) is 1. The molecule has 8 heteroatoms. The number of carbonyl (C=O) groups excluding carboxylic acids is 1. The number of carbonyl (C=O) groups is 1. The molecule has 3 aromatic carbocycles. The zero-order valence-corrected chi connectivity index (χ0v) is 18.1. The first-order valence-electron chi connectivity index (χ1n) is 10.3. The second-order valence-corrected chi connectivity index (χ2v) is 9.50. The predicted octanol–water partition coefficient (Wildman–Crippen LogP) is 4.66. The van der Waals surface area contributed by atoms with Crippen LogP contribution in [0.3, 0.4) is 0 Å². The number of anilines is 1. The van der Waals surface area contributed by atoms with Crippen LogP contribution in [0.2, 0.25) is 0 Å². The Morgan fingerprint density at radius 1 is 0.875 bits per heavy atom. The SMILES string of the molecule is O=C(Nc1ccc(F)cc1)C1CCN(S(=O)(=O)c2ccc(Oc3ccccc3)cc2)CC1. The van der Waals surface area contributed by atoms with Gasteiger partial charge in [-0.1, -0.05) is 18.2 Å². The molecule has 1 heterocycles. The second-order valence-electron chi connectivity index (χ2n) is 7.56. The first-order valence-corrected chi connectivity index (χ1v) is 11.8. The highest BCUT2D eigenvalue weighted by atomic mass is 32.2. The van der Waals surface area contributed by atoms with Gasteiger partial charge < -0.3 is 10.1 Å². The molecule has 1 saturated heterocycles. The molecule has 1 aliphatic rings. The zero-order chi connectivity index (χ0) is 22.6. The quantitative estimate of drug-likeness (QED) is 0.588. The van der Waals surface area contributed by atoms with Gasteiger partial charge in [-0.3, -0.25) is 4.79 Å². The molecule has 4 rings (SSSR count). The van der Waals surface area contributed by atoms with Crippen LogP contribution >= 0.6 is 0 Å². The number of hydrogen-bond donors (Lipinski definition) is 1. The van der Waals surface area contributed by atoms with E-state index in [9.17, 15) is 17.6 Å². The molecule has 0 aliphatic carbocycles. The molecule has 3 aromatic rings. The van der Waals surface area contributed by atoms with Gasteiger partial charge in [0.25, 0.3) is 0 Å². The summed E-state index contributed by atoms with van der Waals surface area (Å²) in [6, 6.07) is 21.1. The maximum atomic E-state index is 13.0. The number of benzene rings is 3. The van der Waals surface area contributed by atoms with E-state index in [4.69, 9.17) is 4.74 Å². The van der Waals surface area contributed by atoms with Crippen molar-refractivity contribution < 1.29 is 22.3 Å². The largest absolute Gasteiger partial charge is 0.457 e. The summed E-state index contributed by atoms with van der Waals surface area (Å²) in [6.07, 6.45) is 0.836. The highest BCUT2D eigenvalue weighted by molar-refractivity contribution is 7.89. The van der Waals surface area contributed by atoms with Gasteiger partial charge >= 0.3 is 0 Å². The summed E-state index contributed by atoms with van der Waals surface area (Å²) < 4.78 is 46.1. The number of ether oxygens (including phenoxy) is 1. The minimum atomic E-state index is -3.66. The lowest BCUT2D eigenvalue weighted by Crippen LogP contribution is -2.41. The fourth-order valence-electron chi connectivity index (χ4n) is 3.59. The molecule has 32 heavy (non-hydrogen) atoms. The van der Waals surface area contributed by atoms with E-state index < -0.39 is 10.0 Å². The lowest BCUT2D eigenvalue weighted by Gasteiger charge is -2.30. The third-order valence-corrected chi connectivity index (χ3v) is 7.29. The van der Waals surface area contributed by atoms with Gasteiger partial charge in [-0.15, -0.1) is 0 Å². The lowest BCUT2D eigenvalue weighted by atomic mass is 9.97. The smallest absolute Gasteiger partial charge is 0.243 e. The molecule has 1 N–H and O–H groups in total. The maximum Gasteiger partial charge on any atom is 0.243 e. The zero-order valence-electron chi connectivity index (χ0n) is 17.3. The van der Waals surface area contributed by atoms with E-state index in [1.807, 2.05) is 30.3 Å². The summed E-state index contributed by atoms with van der Waals surface area (Å²) in [5.74, 6) is 0.362. The molecule has 1 fully saturated rings. The van der Waals surface area contributed by atoms with Crippen LogP contribution in [-0.4, -0.2) is 31.7 Å². The van der Waals surface area contributed by atoms with E-state index in [1.54, 1.807) is 12.1 Å². The number of amides is 1. The van der Waals surface area contributed by atoms with Crippen LogP contribution in [0.1, 0.15) is 12.8 Å². The Balaban J connectivity index is 1.35. The van der Waals surface area contributed by atoms with Crippen molar-refractivity contribution in [1.29, 1.82) is 0 Å².